The summed E-state index contributed by atoms with van der Waals surface area (Å²) in [6.45, 7) is 5.93. The maximum absolute atomic E-state index is 13.3. The van der Waals surface area contributed by atoms with Crippen LogP contribution in [0.4, 0.5) is 0 Å². The van der Waals surface area contributed by atoms with Crippen molar-refractivity contribution in [3.63, 3.8) is 0 Å². The van der Waals surface area contributed by atoms with Crippen LogP contribution in [-0.4, -0.2) is 73.3 Å². The molecule has 0 unspecified atom stereocenters. The molecular weight excluding hydrogens is 414 g/mol. The van der Waals surface area contributed by atoms with Crippen LogP contribution in [0.25, 0.3) is 0 Å². The van der Waals surface area contributed by atoms with Crippen LogP contribution in [-0.2, 0) is 22.5 Å². The van der Waals surface area contributed by atoms with Gasteiger partial charge in [0.1, 0.15) is 11.9 Å². The quantitative estimate of drug-likeness (QED) is 0.705. The average molecular weight is 450 g/mol. The lowest BCUT2D eigenvalue weighted by Gasteiger charge is -2.34. The van der Waals surface area contributed by atoms with E-state index in [-0.39, 0.29) is 18.1 Å². The number of amides is 1. The third-order valence-corrected chi connectivity index (χ3v) is 7.25. The Morgan fingerprint density at radius 3 is 2.61 bits per heavy atom. The molecule has 0 bridgehead atoms. The zero-order valence-corrected chi connectivity index (χ0v) is 19.3. The van der Waals surface area contributed by atoms with Crippen molar-refractivity contribution in [1.29, 1.82) is 0 Å². The molecule has 6 heteroatoms. The highest BCUT2D eigenvalue weighted by Gasteiger charge is 2.41. The van der Waals surface area contributed by atoms with Crippen LogP contribution in [0.2, 0.25) is 0 Å². The van der Waals surface area contributed by atoms with E-state index in [1.807, 2.05) is 30.3 Å². The third-order valence-electron chi connectivity index (χ3n) is 7.25. The second-order valence-electron chi connectivity index (χ2n) is 9.43. The lowest BCUT2D eigenvalue weighted by molar-refractivity contribution is -0.127. The van der Waals surface area contributed by atoms with Gasteiger partial charge in [-0.15, -0.1) is 0 Å². The van der Waals surface area contributed by atoms with E-state index in [2.05, 4.69) is 39.4 Å². The number of likely N-dealkylation sites (tertiary alicyclic amines) is 1. The summed E-state index contributed by atoms with van der Waals surface area (Å²) >= 11 is 0. The molecule has 2 fully saturated rings. The number of fused-ring (bicyclic) bond motifs is 1. The van der Waals surface area contributed by atoms with E-state index in [4.69, 9.17) is 9.47 Å². The zero-order chi connectivity index (χ0) is 22.5. The van der Waals surface area contributed by atoms with Gasteiger partial charge in [-0.2, -0.15) is 0 Å². The molecule has 5 rings (SSSR count). The molecule has 1 N–H and O–H groups in total. The highest BCUT2D eigenvalue weighted by molar-refractivity contribution is 5.82. The topological polar surface area (TPSA) is 54.0 Å². The molecule has 3 heterocycles. The predicted molar refractivity (Wildman–Crippen MR) is 128 cm³/mol. The highest BCUT2D eigenvalue weighted by atomic mass is 16.5. The summed E-state index contributed by atoms with van der Waals surface area (Å²) in [4.78, 5) is 18.1. The predicted octanol–water partition coefficient (Wildman–Crippen LogP) is 2.86. The van der Waals surface area contributed by atoms with E-state index >= 15 is 0 Å². The first-order valence-corrected chi connectivity index (χ1v) is 12.4. The average Bonchev–Trinajstić information content (AvgIpc) is 3.29. The number of benzene rings is 2. The second-order valence-corrected chi connectivity index (χ2v) is 9.43. The number of hydrogen-bond donors (Lipinski definition) is 1. The molecule has 0 radical (unpaired) electrons. The van der Waals surface area contributed by atoms with Crippen molar-refractivity contribution in [3.05, 3.63) is 65.7 Å². The van der Waals surface area contributed by atoms with Gasteiger partial charge in [-0.25, -0.2) is 0 Å². The molecule has 33 heavy (non-hydrogen) atoms. The summed E-state index contributed by atoms with van der Waals surface area (Å²) in [6.07, 6.45) is 3.81. The van der Waals surface area contributed by atoms with Crippen LogP contribution in [0.1, 0.15) is 30.4 Å². The molecule has 3 aliphatic heterocycles. The van der Waals surface area contributed by atoms with Crippen LogP contribution in [0.5, 0.6) is 5.75 Å². The molecule has 0 aromatic heterocycles. The van der Waals surface area contributed by atoms with Crippen LogP contribution in [0.3, 0.4) is 0 Å². The Hall–Kier alpha value is -2.41. The van der Waals surface area contributed by atoms with Gasteiger partial charge in [0.15, 0.2) is 0 Å². The summed E-state index contributed by atoms with van der Waals surface area (Å²) in [7, 11) is 0. The number of nitrogens with one attached hydrogen (secondary N) is 1. The number of ether oxygens (including phenoxy) is 2. The van der Waals surface area contributed by atoms with Crippen molar-refractivity contribution in [2.45, 2.75) is 50.4 Å². The van der Waals surface area contributed by atoms with E-state index in [0.717, 1.165) is 70.8 Å². The number of carbonyl (C=O) groups excluding carboxylic acids is 1. The van der Waals surface area contributed by atoms with Crippen molar-refractivity contribution >= 4 is 5.91 Å². The van der Waals surface area contributed by atoms with Gasteiger partial charge in [-0.05, 0) is 42.5 Å². The third kappa shape index (κ3) is 5.57. The highest BCUT2D eigenvalue weighted by Crippen LogP contribution is 2.28. The lowest BCUT2D eigenvalue weighted by Crippen LogP contribution is -2.50. The molecule has 0 spiro atoms. The Labute approximate surface area is 196 Å². The zero-order valence-electron chi connectivity index (χ0n) is 19.3. The molecule has 0 aliphatic carbocycles. The van der Waals surface area contributed by atoms with Gasteiger partial charge >= 0.3 is 0 Å². The van der Waals surface area contributed by atoms with Crippen molar-refractivity contribution in [3.8, 4) is 5.75 Å². The standard InChI is InChI=1S/C27H35N3O3/c31-27(28-13-15-29-14-10-21-6-4-5-7-22(21)19-29)26-18-25(33-24-8-2-1-3-9-24)20-30(26)23-11-16-32-17-12-23/h1-9,23,25-26H,10-20H2,(H,28,31)/t25-,26-/m0/s1. The van der Waals surface area contributed by atoms with Crippen molar-refractivity contribution in [1.82, 2.24) is 15.1 Å². The smallest absolute Gasteiger partial charge is 0.237 e. The molecular formula is C27H35N3O3. The molecule has 176 valence electrons. The summed E-state index contributed by atoms with van der Waals surface area (Å²) in [5, 5.41) is 3.24. The fourth-order valence-electron chi connectivity index (χ4n) is 5.48. The van der Waals surface area contributed by atoms with Crippen molar-refractivity contribution in [2.24, 2.45) is 0 Å². The monoisotopic (exact) mass is 449 g/mol. The van der Waals surface area contributed by atoms with Crippen molar-refractivity contribution in [2.75, 3.05) is 39.4 Å². The first kappa shape index (κ1) is 22.4. The summed E-state index contributed by atoms with van der Waals surface area (Å²) in [5.74, 6) is 1.01. The first-order chi connectivity index (χ1) is 16.3. The van der Waals surface area contributed by atoms with E-state index in [9.17, 15) is 4.79 Å². The lowest BCUT2D eigenvalue weighted by atomic mass is 10.00. The molecule has 6 nitrogen and oxygen atoms in total. The number of nitrogens with zero attached hydrogens (tertiary/aromatic N) is 2. The van der Waals surface area contributed by atoms with Crippen LogP contribution in [0.15, 0.2) is 54.6 Å². The first-order valence-electron chi connectivity index (χ1n) is 12.4. The minimum atomic E-state index is -0.135. The fraction of sp³-hybridized carbons (Fsp3) is 0.519. The molecule has 0 saturated carbocycles. The number of rotatable bonds is 7. The Kier molecular flexibility index (Phi) is 7.24. The van der Waals surface area contributed by atoms with Gasteiger partial charge in [-0.1, -0.05) is 42.5 Å². The van der Waals surface area contributed by atoms with Gasteiger partial charge in [-0.3, -0.25) is 14.6 Å². The SMILES string of the molecule is O=C(NCCN1CCc2ccccc2C1)[C@@H]1C[C@H](Oc2ccccc2)CN1C1CCOCC1. The molecule has 2 aromatic carbocycles. The van der Waals surface area contributed by atoms with Gasteiger partial charge in [0.05, 0.1) is 6.04 Å². The number of para-hydroxylation sites is 1. The maximum atomic E-state index is 13.3. The minimum absolute atomic E-state index is 0.0320. The van der Waals surface area contributed by atoms with Crippen LogP contribution < -0.4 is 10.1 Å². The Bertz CT molecular complexity index is 916. The second kappa shape index (κ2) is 10.7. The summed E-state index contributed by atoms with van der Waals surface area (Å²) in [5.41, 5.74) is 2.87. The number of hydrogen-bond acceptors (Lipinski definition) is 5. The molecule has 2 aromatic rings. The normalized spacial score (nSPS) is 24.4. The van der Waals surface area contributed by atoms with Crippen LogP contribution >= 0.6 is 0 Å². The van der Waals surface area contributed by atoms with Crippen molar-refractivity contribution < 1.29 is 14.3 Å². The van der Waals surface area contributed by atoms with Gasteiger partial charge < -0.3 is 14.8 Å². The minimum Gasteiger partial charge on any atom is -0.489 e. The van der Waals surface area contributed by atoms with Gasteiger partial charge in [0, 0.05) is 58.4 Å². The van der Waals surface area contributed by atoms with Gasteiger partial charge in [0.2, 0.25) is 5.91 Å². The van der Waals surface area contributed by atoms with Crippen LogP contribution in [0, 0.1) is 0 Å². The maximum Gasteiger partial charge on any atom is 0.237 e. The Balaban J connectivity index is 1.17. The van der Waals surface area contributed by atoms with Gasteiger partial charge in [0.25, 0.3) is 0 Å². The molecule has 1 amide bonds. The van der Waals surface area contributed by atoms with E-state index in [1.165, 1.54) is 11.1 Å². The molecule has 2 saturated heterocycles. The molecule has 2 atom stereocenters. The summed E-state index contributed by atoms with van der Waals surface area (Å²) in [6, 6.07) is 18.9. The van der Waals surface area contributed by atoms with E-state index < -0.39 is 0 Å². The Morgan fingerprint density at radius 2 is 1.79 bits per heavy atom. The number of carbonyl (C=O) groups is 1. The summed E-state index contributed by atoms with van der Waals surface area (Å²) < 4.78 is 11.8. The fourth-order valence-corrected chi connectivity index (χ4v) is 5.48. The molecule has 3 aliphatic rings. The Morgan fingerprint density at radius 1 is 1.03 bits per heavy atom. The van der Waals surface area contributed by atoms with E-state index in [0.29, 0.717) is 12.6 Å². The largest absolute Gasteiger partial charge is 0.489 e. The van der Waals surface area contributed by atoms with E-state index in [1.54, 1.807) is 0 Å².